The summed E-state index contributed by atoms with van der Waals surface area (Å²) in [5.74, 6) is 0.0370. The number of piperazine rings is 1. The third-order valence-corrected chi connectivity index (χ3v) is 5.73. The van der Waals surface area contributed by atoms with E-state index in [9.17, 15) is 4.79 Å². The van der Waals surface area contributed by atoms with Gasteiger partial charge in [-0.15, -0.1) is 0 Å². The SMILES string of the molecule is Cc1cccc(C)c1NC(=O)CN1CCN(Cc2c(Cl)cccc2Cl)CC1. The molecule has 1 saturated heterocycles. The molecule has 0 aliphatic carbocycles. The lowest BCUT2D eigenvalue weighted by molar-refractivity contribution is -0.117. The van der Waals surface area contributed by atoms with Gasteiger partial charge < -0.3 is 5.32 Å². The van der Waals surface area contributed by atoms with Gasteiger partial charge in [0.05, 0.1) is 6.54 Å². The van der Waals surface area contributed by atoms with Crippen molar-refractivity contribution in [3.63, 3.8) is 0 Å². The summed E-state index contributed by atoms with van der Waals surface area (Å²) in [5.41, 5.74) is 4.08. The number of hydrogen-bond acceptors (Lipinski definition) is 3. The first-order valence-electron chi connectivity index (χ1n) is 9.17. The Morgan fingerprint density at radius 3 is 2.04 bits per heavy atom. The summed E-state index contributed by atoms with van der Waals surface area (Å²) in [7, 11) is 0. The number of hydrogen-bond donors (Lipinski definition) is 1. The third-order valence-electron chi connectivity index (χ3n) is 5.02. The van der Waals surface area contributed by atoms with E-state index >= 15 is 0 Å². The Bertz CT molecular complexity index is 777. The van der Waals surface area contributed by atoms with Crippen molar-refractivity contribution < 1.29 is 4.79 Å². The minimum Gasteiger partial charge on any atom is -0.324 e. The molecule has 27 heavy (non-hydrogen) atoms. The molecule has 6 heteroatoms. The van der Waals surface area contributed by atoms with Crippen LogP contribution in [0.3, 0.4) is 0 Å². The second-order valence-corrected chi connectivity index (χ2v) is 7.88. The highest BCUT2D eigenvalue weighted by molar-refractivity contribution is 6.35. The number of nitrogens with zero attached hydrogens (tertiary/aromatic N) is 2. The molecule has 4 nitrogen and oxygen atoms in total. The zero-order chi connectivity index (χ0) is 19.4. The highest BCUT2D eigenvalue weighted by Gasteiger charge is 2.21. The second kappa shape index (κ2) is 9.07. The van der Waals surface area contributed by atoms with E-state index in [0.717, 1.165) is 55.1 Å². The number of para-hydroxylation sites is 1. The van der Waals surface area contributed by atoms with Gasteiger partial charge in [-0.05, 0) is 37.1 Å². The summed E-state index contributed by atoms with van der Waals surface area (Å²) in [6.07, 6.45) is 0. The summed E-state index contributed by atoms with van der Waals surface area (Å²) < 4.78 is 0. The van der Waals surface area contributed by atoms with Crippen LogP contribution in [-0.2, 0) is 11.3 Å². The second-order valence-electron chi connectivity index (χ2n) is 7.07. The average molecular weight is 406 g/mol. The molecule has 1 heterocycles. The van der Waals surface area contributed by atoms with Crippen LogP contribution in [-0.4, -0.2) is 48.4 Å². The largest absolute Gasteiger partial charge is 0.324 e. The van der Waals surface area contributed by atoms with Crippen LogP contribution < -0.4 is 5.32 Å². The molecule has 0 radical (unpaired) electrons. The summed E-state index contributed by atoms with van der Waals surface area (Å²) >= 11 is 12.5. The number of rotatable bonds is 5. The molecule has 0 bridgehead atoms. The molecule has 144 valence electrons. The number of aryl methyl sites for hydroxylation is 2. The topological polar surface area (TPSA) is 35.6 Å². The zero-order valence-corrected chi connectivity index (χ0v) is 17.3. The van der Waals surface area contributed by atoms with Crippen molar-refractivity contribution in [3.05, 3.63) is 63.1 Å². The lowest BCUT2D eigenvalue weighted by Crippen LogP contribution is -2.48. The first kappa shape index (κ1) is 20.2. The van der Waals surface area contributed by atoms with Crippen molar-refractivity contribution in [2.75, 3.05) is 38.0 Å². The Balaban J connectivity index is 1.50. The van der Waals surface area contributed by atoms with Gasteiger partial charge in [0.15, 0.2) is 0 Å². The summed E-state index contributed by atoms with van der Waals surface area (Å²) in [5, 5.41) is 4.48. The number of carbonyl (C=O) groups is 1. The van der Waals surface area contributed by atoms with E-state index < -0.39 is 0 Å². The molecule has 0 saturated carbocycles. The molecule has 1 N–H and O–H groups in total. The van der Waals surface area contributed by atoms with Gasteiger partial charge in [-0.2, -0.15) is 0 Å². The van der Waals surface area contributed by atoms with Crippen molar-refractivity contribution in [1.82, 2.24) is 9.80 Å². The Morgan fingerprint density at radius 2 is 1.44 bits per heavy atom. The molecule has 0 aromatic heterocycles. The van der Waals surface area contributed by atoms with Gasteiger partial charge in [0.25, 0.3) is 0 Å². The van der Waals surface area contributed by atoms with Crippen LogP contribution in [0.5, 0.6) is 0 Å². The van der Waals surface area contributed by atoms with E-state index in [4.69, 9.17) is 23.2 Å². The quantitative estimate of drug-likeness (QED) is 0.801. The van der Waals surface area contributed by atoms with E-state index in [1.807, 2.05) is 50.2 Å². The van der Waals surface area contributed by atoms with Gasteiger partial charge in [0.2, 0.25) is 5.91 Å². The lowest BCUT2D eigenvalue weighted by atomic mass is 10.1. The van der Waals surface area contributed by atoms with Crippen LogP contribution in [0.15, 0.2) is 36.4 Å². The van der Waals surface area contributed by atoms with Crippen molar-refractivity contribution in [1.29, 1.82) is 0 Å². The summed E-state index contributed by atoms with van der Waals surface area (Å²) in [4.78, 5) is 17.0. The van der Waals surface area contributed by atoms with E-state index in [1.54, 1.807) is 0 Å². The number of carbonyl (C=O) groups excluding carboxylic acids is 1. The normalized spacial score (nSPS) is 15.7. The molecule has 2 aromatic rings. The van der Waals surface area contributed by atoms with Gasteiger partial charge in [-0.3, -0.25) is 14.6 Å². The number of benzene rings is 2. The van der Waals surface area contributed by atoms with E-state index in [2.05, 4.69) is 15.1 Å². The minimum atomic E-state index is 0.0370. The van der Waals surface area contributed by atoms with Crippen LogP contribution in [0.2, 0.25) is 10.0 Å². The van der Waals surface area contributed by atoms with E-state index in [0.29, 0.717) is 16.6 Å². The van der Waals surface area contributed by atoms with Gasteiger partial charge in [0, 0.05) is 54.0 Å². The van der Waals surface area contributed by atoms with E-state index in [1.165, 1.54) is 0 Å². The molecule has 0 unspecified atom stereocenters. The minimum absolute atomic E-state index is 0.0370. The lowest BCUT2D eigenvalue weighted by Gasteiger charge is -2.34. The monoisotopic (exact) mass is 405 g/mol. The van der Waals surface area contributed by atoms with Crippen molar-refractivity contribution in [2.45, 2.75) is 20.4 Å². The molecule has 1 aliphatic rings. The Labute approximate surface area is 171 Å². The van der Waals surface area contributed by atoms with Crippen LogP contribution in [0.4, 0.5) is 5.69 Å². The predicted octanol–water partition coefficient (Wildman–Crippen LogP) is 4.37. The van der Waals surface area contributed by atoms with Crippen LogP contribution in [0.1, 0.15) is 16.7 Å². The fourth-order valence-corrected chi connectivity index (χ4v) is 3.92. The number of halogens is 2. The maximum Gasteiger partial charge on any atom is 0.238 e. The summed E-state index contributed by atoms with van der Waals surface area (Å²) in [6.45, 7) is 8.65. The number of nitrogens with one attached hydrogen (secondary N) is 1. The molecule has 0 atom stereocenters. The fourth-order valence-electron chi connectivity index (χ4n) is 3.41. The molecule has 2 aromatic carbocycles. The number of anilines is 1. The third kappa shape index (κ3) is 5.23. The maximum absolute atomic E-state index is 12.4. The zero-order valence-electron chi connectivity index (χ0n) is 15.8. The molecular weight excluding hydrogens is 381 g/mol. The average Bonchev–Trinajstić information content (AvgIpc) is 2.63. The Kier molecular flexibility index (Phi) is 6.77. The van der Waals surface area contributed by atoms with Gasteiger partial charge >= 0.3 is 0 Å². The first-order valence-corrected chi connectivity index (χ1v) is 9.93. The van der Waals surface area contributed by atoms with E-state index in [-0.39, 0.29) is 5.91 Å². The van der Waals surface area contributed by atoms with Gasteiger partial charge in [-0.1, -0.05) is 47.5 Å². The molecule has 1 aliphatic heterocycles. The molecular formula is C21H25Cl2N3O. The Morgan fingerprint density at radius 1 is 0.926 bits per heavy atom. The van der Waals surface area contributed by atoms with Crippen molar-refractivity contribution in [3.8, 4) is 0 Å². The first-order chi connectivity index (χ1) is 12.9. The van der Waals surface area contributed by atoms with Gasteiger partial charge in [0.1, 0.15) is 0 Å². The van der Waals surface area contributed by atoms with Crippen molar-refractivity contribution in [2.24, 2.45) is 0 Å². The molecule has 1 fully saturated rings. The van der Waals surface area contributed by atoms with Crippen LogP contribution in [0.25, 0.3) is 0 Å². The van der Waals surface area contributed by atoms with Gasteiger partial charge in [-0.25, -0.2) is 0 Å². The summed E-state index contributed by atoms with van der Waals surface area (Å²) in [6, 6.07) is 11.6. The smallest absolute Gasteiger partial charge is 0.238 e. The molecule has 0 spiro atoms. The highest BCUT2D eigenvalue weighted by atomic mass is 35.5. The van der Waals surface area contributed by atoms with Crippen LogP contribution in [0, 0.1) is 13.8 Å². The highest BCUT2D eigenvalue weighted by Crippen LogP contribution is 2.26. The van der Waals surface area contributed by atoms with Crippen LogP contribution >= 0.6 is 23.2 Å². The Hall–Kier alpha value is -1.59. The maximum atomic E-state index is 12.4. The standard InChI is InChI=1S/C21H25Cl2N3O/c1-15-5-3-6-16(2)21(15)24-20(27)14-26-11-9-25(10-12-26)13-17-18(22)7-4-8-19(17)23/h3-8H,9-14H2,1-2H3,(H,24,27). The number of amides is 1. The fraction of sp³-hybridized carbons (Fsp3) is 0.381. The molecule has 1 amide bonds. The van der Waals surface area contributed by atoms with Crippen molar-refractivity contribution >= 4 is 34.8 Å². The molecule has 3 rings (SSSR count). The predicted molar refractivity (Wildman–Crippen MR) is 113 cm³/mol.